The third-order valence-electron chi connectivity index (χ3n) is 2.62. The van der Waals surface area contributed by atoms with E-state index in [0.717, 1.165) is 0 Å². The third kappa shape index (κ3) is 4.12. The van der Waals surface area contributed by atoms with Crippen molar-refractivity contribution in [3.05, 3.63) is 52.0 Å². The molecule has 112 valence electrons. The predicted molar refractivity (Wildman–Crippen MR) is 87.6 cm³/mol. The molecule has 0 unspecified atom stereocenters. The van der Waals surface area contributed by atoms with Crippen LogP contribution < -0.4 is 9.46 Å². The monoisotopic (exact) mass is 389 g/mol. The van der Waals surface area contributed by atoms with Crippen LogP contribution in [0.2, 0.25) is 5.02 Å². The highest BCUT2D eigenvalue weighted by Gasteiger charge is 2.14. The molecule has 0 heterocycles. The third-order valence-corrected chi connectivity index (χ3v) is 5.25. The standard InChI is InChI=1S/C14H13BrClNO3S/c1-2-20-11-4-6-12(7-5-11)21(18,19)17-10-3-8-13(15)14(16)9-10/h3-9,17H,2H2,1H3. The summed E-state index contributed by atoms with van der Waals surface area (Å²) in [6, 6.07) is 11.1. The van der Waals surface area contributed by atoms with Gasteiger partial charge >= 0.3 is 0 Å². The van der Waals surface area contributed by atoms with Crippen molar-refractivity contribution in [1.29, 1.82) is 0 Å². The molecule has 4 nitrogen and oxygen atoms in total. The molecule has 7 heteroatoms. The summed E-state index contributed by atoms with van der Waals surface area (Å²) < 4.78 is 33.0. The van der Waals surface area contributed by atoms with Crippen LogP contribution >= 0.6 is 27.5 Å². The van der Waals surface area contributed by atoms with E-state index in [1.165, 1.54) is 18.2 Å². The van der Waals surface area contributed by atoms with Gasteiger partial charge in [0.15, 0.2) is 0 Å². The minimum Gasteiger partial charge on any atom is -0.494 e. The van der Waals surface area contributed by atoms with Crippen molar-refractivity contribution in [2.24, 2.45) is 0 Å². The van der Waals surface area contributed by atoms with E-state index in [1.807, 2.05) is 6.92 Å². The Morgan fingerprint density at radius 3 is 2.43 bits per heavy atom. The molecule has 0 saturated heterocycles. The van der Waals surface area contributed by atoms with Crippen molar-refractivity contribution in [3.63, 3.8) is 0 Å². The van der Waals surface area contributed by atoms with E-state index in [0.29, 0.717) is 27.5 Å². The molecule has 2 aromatic rings. The van der Waals surface area contributed by atoms with Crippen LogP contribution in [-0.2, 0) is 10.0 Å². The van der Waals surface area contributed by atoms with Gasteiger partial charge in [-0.25, -0.2) is 8.42 Å². The van der Waals surface area contributed by atoms with E-state index in [9.17, 15) is 8.42 Å². The van der Waals surface area contributed by atoms with Crippen molar-refractivity contribution >= 4 is 43.2 Å². The van der Waals surface area contributed by atoms with Crippen molar-refractivity contribution in [3.8, 4) is 5.75 Å². The van der Waals surface area contributed by atoms with Gasteiger partial charge in [-0.15, -0.1) is 0 Å². The minimum absolute atomic E-state index is 0.157. The Morgan fingerprint density at radius 2 is 1.86 bits per heavy atom. The fourth-order valence-electron chi connectivity index (χ4n) is 1.66. The summed E-state index contributed by atoms with van der Waals surface area (Å²) in [4.78, 5) is 0.157. The van der Waals surface area contributed by atoms with E-state index in [2.05, 4.69) is 20.7 Å². The Hall–Kier alpha value is -1.24. The van der Waals surface area contributed by atoms with Crippen LogP contribution in [0.1, 0.15) is 6.92 Å². The molecular formula is C14H13BrClNO3S. The van der Waals surface area contributed by atoms with Gasteiger partial charge in [0.2, 0.25) is 0 Å². The molecule has 0 aliphatic rings. The highest BCUT2D eigenvalue weighted by Crippen LogP contribution is 2.27. The normalized spacial score (nSPS) is 11.2. The van der Waals surface area contributed by atoms with Gasteiger partial charge in [0.1, 0.15) is 5.75 Å². The van der Waals surface area contributed by atoms with Crippen molar-refractivity contribution in [2.45, 2.75) is 11.8 Å². The summed E-state index contributed by atoms with van der Waals surface area (Å²) in [5.41, 5.74) is 0.400. The lowest BCUT2D eigenvalue weighted by Gasteiger charge is -2.10. The first-order chi connectivity index (χ1) is 9.92. The summed E-state index contributed by atoms with van der Waals surface area (Å²) in [6.07, 6.45) is 0. The molecule has 0 bridgehead atoms. The van der Waals surface area contributed by atoms with Gasteiger partial charge in [-0.1, -0.05) is 11.6 Å². The highest BCUT2D eigenvalue weighted by atomic mass is 79.9. The SMILES string of the molecule is CCOc1ccc(S(=O)(=O)Nc2ccc(Br)c(Cl)c2)cc1. The predicted octanol–water partition coefficient (Wildman–Crippen LogP) is 4.30. The molecule has 1 N–H and O–H groups in total. The molecule has 0 atom stereocenters. The molecule has 2 rings (SSSR count). The van der Waals surface area contributed by atoms with Crippen LogP contribution in [0.25, 0.3) is 0 Å². The summed E-state index contributed by atoms with van der Waals surface area (Å²) in [5, 5.41) is 0.432. The number of ether oxygens (including phenoxy) is 1. The molecule has 0 spiro atoms. The van der Waals surface area contributed by atoms with E-state index < -0.39 is 10.0 Å². The van der Waals surface area contributed by atoms with Crippen LogP contribution in [0.4, 0.5) is 5.69 Å². The Morgan fingerprint density at radius 1 is 1.19 bits per heavy atom. The van der Waals surface area contributed by atoms with Gasteiger partial charge in [0.25, 0.3) is 10.0 Å². The van der Waals surface area contributed by atoms with Crippen LogP contribution in [0.15, 0.2) is 51.8 Å². The topological polar surface area (TPSA) is 55.4 Å². The first kappa shape index (κ1) is 16.1. The van der Waals surface area contributed by atoms with E-state index in [1.54, 1.807) is 24.3 Å². The summed E-state index contributed by atoms with van der Waals surface area (Å²) in [6.45, 7) is 2.39. The lowest BCUT2D eigenvalue weighted by molar-refractivity contribution is 0.340. The second-order valence-corrected chi connectivity index (χ2v) is 7.08. The number of benzene rings is 2. The van der Waals surface area contributed by atoms with Crippen LogP contribution in [-0.4, -0.2) is 15.0 Å². The van der Waals surface area contributed by atoms with Crippen LogP contribution in [0.5, 0.6) is 5.75 Å². The number of hydrogen-bond donors (Lipinski definition) is 1. The van der Waals surface area contributed by atoms with Gasteiger partial charge in [-0.05, 0) is 65.3 Å². The van der Waals surface area contributed by atoms with Crippen molar-refractivity contribution < 1.29 is 13.2 Å². The lowest BCUT2D eigenvalue weighted by Crippen LogP contribution is -2.12. The molecule has 0 saturated carbocycles. The van der Waals surface area contributed by atoms with Crippen molar-refractivity contribution in [1.82, 2.24) is 0 Å². The summed E-state index contributed by atoms with van der Waals surface area (Å²) >= 11 is 9.20. The average Bonchev–Trinajstić information content (AvgIpc) is 2.44. The molecule has 0 fully saturated rings. The number of hydrogen-bond acceptors (Lipinski definition) is 3. The molecular weight excluding hydrogens is 378 g/mol. The fourth-order valence-corrected chi connectivity index (χ4v) is 3.13. The average molecular weight is 391 g/mol. The molecule has 0 aliphatic carbocycles. The van der Waals surface area contributed by atoms with E-state index in [-0.39, 0.29) is 4.90 Å². The van der Waals surface area contributed by atoms with E-state index in [4.69, 9.17) is 16.3 Å². The molecule has 2 aromatic carbocycles. The lowest BCUT2D eigenvalue weighted by atomic mass is 10.3. The second kappa shape index (κ2) is 6.68. The molecule has 21 heavy (non-hydrogen) atoms. The molecule has 0 aromatic heterocycles. The number of rotatable bonds is 5. The zero-order valence-electron chi connectivity index (χ0n) is 11.1. The zero-order chi connectivity index (χ0) is 15.5. The smallest absolute Gasteiger partial charge is 0.261 e. The second-order valence-electron chi connectivity index (χ2n) is 4.14. The quantitative estimate of drug-likeness (QED) is 0.828. The number of halogens is 2. The largest absolute Gasteiger partial charge is 0.494 e. The van der Waals surface area contributed by atoms with Crippen molar-refractivity contribution in [2.75, 3.05) is 11.3 Å². The highest BCUT2D eigenvalue weighted by molar-refractivity contribution is 9.10. The number of anilines is 1. The van der Waals surface area contributed by atoms with Gasteiger partial charge in [0.05, 0.1) is 22.2 Å². The van der Waals surface area contributed by atoms with Gasteiger partial charge in [-0.2, -0.15) is 0 Å². The number of nitrogens with one attached hydrogen (secondary N) is 1. The Bertz CT molecular complexity index is 732. The molecule has 0 radical (unpaired) electrons. The first-order valence-electron chi connectivity index (χ1n) is 6.13. The Kier molecular flexibility index (Phi) is 5.13. The van der Waals surface area contributed by atoms with E-state index >= 15 is 0 Å². The maximum atomic E-state index is 12.3. The van der Waals surface area contributed by atoms with Gasteiger partial charge in [-0.3, -0.25) is 4.72 Å². The summed E-state index contributed by atoms with van der Waals surface area (Å²) in [7, 11) is -3.65. The maximum Gasteiger partial charge on any atom is 0.261 e. The minimum atomic E-state index is -3.65. The maximum absolute atomic E-state index is 12.3. The number of sulfonamides is 1. The first-order valence-corrected chi connectivity index (χ1v) is 8.78. The Labute approximate surface area is 137 Å². The van der Waals surface area contributed by atoms with Crippen LogP contribution in [0, 0.1) is 0 Å². The van der Waals surface area contributed by atoms with Crippen LogP contribution in [0.3, 0.4) is 0 Å². The molecule has 0 amide bonds. The molecule has 0 aliphatic heterocycles. The zero-order valence-corrected chi connectivity index (χ0v) is 14.3. The Balaban J connectivity index is 2.23. The summed E-state index contributed by atoms with van der Waals surface area (Å²) in [5.74, 6) is 0.628. The van der Waals surface area contributed by atoms with Gasteiger partial charge in [0, 0.05) is 4.47 Å². The van der Waals surface area contributed by atoms with Gasteiger partial charge < -0.3 is 4.74 Å². The fraction of sp³-hybridized carbons (Fsp3) is 0.143.